The summed E-state index contributed by atoms with van der Waals surface area (Å²) in [5.74, 6) is 0. The first-order valence-electron chi connectivity index (χ1n) is 6.09. The van der Waals surface area contributed by atoms with Crippen LogP contribution in [0.25, 0.3) is 10.2 Å². The highest BCUT2D eigenvalue weighted by Gasteiger charge is 2.31. The van der Waals surface area contributed by atoms with Crippen LogP contribution in [0, 0.1) is 0 Å². The highest BCUT2D eigenvalue weighted by Crippen LogP contribution is 2.27. The Morgan fingerprint density at radius 2 is 2.22 bits per heavy atom. The van der Waals surface area contributed by atoms with Crippen LogP contribution in [-0.2, 0) is 4.74 Å². The van der Waals surface area contributed by atoms with Crippen molar-refractivity contribution in [1.29, 1.82) is 0 Å². The molecule has 2 atom stereocenters. The highest BCUT2D eigenvalue weighted by atomic mass is 32.1. The number of likely N-dealkylation sites (tertiary alicyclic amines) is 1. The summed E-state index contributed by atoms with van der Waals surface area (Å²) >= 11 is 1.70. The molecule has 1 saturated heterocycles. The van der Waals surface area contributed by atoms with Crippen LogP contribution in [0.5, 0.6) is 0 Å². The first kappa shape index (κ1) is 11.9. The van der Waals surface area contributed by atoms with Crippen LogP contribution in [0.3, 0.4) is 0 Å². The molecular formula is C13H17N3OS. The van der Waals surface area contributed by atoms with Crippen molar-refractivity contribution in [2.75, 3.05) is 32.6 Å². The fourth-order valence-corrected chi connectivity index (χ4v) is 3.36. The van der Waals surface area contributed by atoms with E-state index in [-0.39, 0.29) is 6.10 Å². The number of aromatic nitrogens is 1. The minimum atomic E-state index is 0.238. The van der Waals surface area contributed by atoms with Gasteiger partial charge in [-0.25, -0.2) is 4.98 Å². The summed E-state index contributed by atoms with van der Waals surface area (Å²) in [4.78, 5) is 6.88. The molecule has 5 heteroatoms. The number of fused-ring (bicyclic) bond motifs is 1. The number of thiazole rings is 1. The minimum absolute atomic E-state index is 0.238. The number of ether oxygens (including phenoxy) is 1. The Hall–Kier alpha value is -1.17. The number of hydrogen-bond donors (Lipinski definition) is 1. The van der Waals surface area contributed by atoms with E-state index in [4.69, 9.17) is 4.74 Å². The third-order valence-electron chi connectivity index (χ3n) is 3.35. The molecule has 0 radical (unpaired) electrons. The average Bonchev–Trinajstić information content (AvgIpc) is 2.92. The van der Waals surface area contributed by atoms with Gasteiger partial charge in [-0.2, -0.15) is 0 Å². The quantitative estimate of drug-likeness (QED) is 0.919. The van der Waals surface area contributed by atoms with Crippen LogP contribution in [-0.4, -0.2) is 49.3 Å². The number of benzene rings is 1. The highest BCUT2D eigenvalue weighted by molar-refractivity contribution is 7.22. The van der Waals surface area contributed by atoms with Crippen molar-refractivity contribution in [3.63, 3.8) is 0 Å². The molecule has 4 nitrogen and oxygen atoms in total. The fraction of sp³-hybridized carbons (Fsp3) is 0.462. The lowest BCUT2D eigenvalue weighted by molar-refractivity contribution is 0.104. The van der Waals surface area contributed by atoms with Crippen molar-refractivity contribution in [2.24, 2.45) is 0 Å². The number of anilines is 1. The Kier molecular flexibility index (Phi) is 3.20. The zero-order valence-corrected chi connectivity index (χ0v) is 11.4. The maximum Gasteiger partial charge on any atom is 0.184 e. The van der Waals surface area contributed by atoms with Gasteiger partial charge in [0.15, 0.2) is 5.13 Å². The second-order valence-electron chi connectivity index (χ2n) is 4.73. The van der Waals surface area contributed by atoms with Crippen LogP contribution < -0.4 is 5.32 Å². The summed E-state index contributed by atoms with van der Waals surface area (Å²) < 4.78 is 6.74. The van der Waals surface area contributed by atoms with E-state index in [0.29, 0.717) is 6.04 Å². The standard InChI is InChI=1S/C13H17N3OS/c1-16-7-10(11(8-16)17-2)15-13-14-9-5-3-4-6-12(9)18-13/h3-6,10-11H,7-8H2,1-2H3,(H,14,15)/t10-,11-/m0/s1. The summed E-state index contributed by atoms with van der Waals surface area (Å²) in [6, 6.07) is 8.54. The molecular weight excluding hydrogens is 246 g/mol. The molecule has 2 heterocycles. The van der Waals surface area contributed by atoms with E-state index >= 15 is 0 Å². The summed E-state index contributed by atoms with van der Waals surface area (Å²) in [7, 11) is 3.89. The Morgan fingerprint density at radius 1 is 1.39 bits per heavy atom. The van der Waals surface area contributed by atoms with E-state index in [1.54, 1.807) is 18.4 Å². The van der Waals surface area contributed by atoms with Crippen LogP contribution in [0.15, 0.2) is 24.3 Å². The maximum absolute atomic E-state index is 5.51. The van der Waals surface area contributed by atoms with Crippen molar-refractivity contribution >= 4 is 26.7 Å². The van der Waals surface area contributed by atoms with Crippen molar-refractivity contribution in [1.82, 2.24) is 9.88 Å². The van der Waals surface area contributed by atoms with E-state index in [1.807, 2.05) is 18.2 Å². The van der Waals surface area contributed by atoms with Gasteiger partial charge in [0, 0.05) is 20.2 Å². The lowest BCUT2D eigenvalue weighted by Crippen LogP contribution is -2.33. The second-order valence-corrected chi connectivity index (χ2v) is 5.76. The van der Waals surface area contributed by atoms with Gasteiger partial charge in [-0.1, -0.05) is 23.5 Å². The summed E-state index contributed by atoms with van der Waals surface area (Å²) in [5, 5.41) is 4.49. The smallest absolute Gasteiger partial charge is 0.184 e. The molecule has 1 aliphatic rings. The molecule has 1 N–H and O–H groups in total. The van der Waals surface area contributed by atoms with E-state index in [2.05, 4.69) is 28.3 Å². The zero-order valence-electron chi connectivity index (χ0n) is 10.6. The van der Waals surface area contributed by atoms with E-state index in [1.165, 1.54) is 4.70 Å². The number of hydrogen-bond acceptors (Lipinski definition) is 5. The monoisotopic (exact) mass is 263 g/mol. The predicted octanol–water partition coefficient (Wildman–Crippen LogP) is 2.04. The number of nitrogens with zero attached hydrogens (tertiary/aromatic N) is 2. The molecule has 0 bridgehead atoms. The van der Waals surface area contributed by atoms with Gasteiger partial charge in [-0.15, -0.1) is 0 Å². The molecule has 1 aromatic carbocycles. The lowest BCUT2D eigenvalue weighted by atomic mass is 10.2. The molecule has 3 rings (SSSR count). The predicted molar refractivity (Wildman–Crippen MR) is 75.3 cm³/mol. The Bertz CT molecular complexity index is 509. The Labute approximate surface area is 111 Å². The molecule has 2 aromatic rings. The largest absolute Gasteiger partial charge is 0.378 e. The topological polar surface area (TPSA) is 37.4 Å². The van der Waals surface area contributed by atoms with Crippen molar-refractivity contribution < 1.29 is 4.74 Å². The summed E-state index contributed by atoms with van der Waals surface area (Å²) in [6.07, 6.45) is 0.238. The van der Waals surface area contributed by atoms with Crippen LogP contribution in [0.1, 0.15) is 0 Å². The molecule has 0 aliphatic carbocycles. The number of nitrogens with one attached hydrogen (secondary N) is 1. The fourth-order valence-electron chi connectivity index (χ4n) is 2.43. The van der Waals surface area contributed by atoms with Crippen LogP contribution >= 0.6 is 11.3 Å². The molecule has 0 saturated carbocycles. The first-order chi connectivity index (χ1) is 8.76. The molecule has 0 unspecified atom stereocenters. The van der Waals surface area contributed by atoms with Gasteiger partial charge in [0.25, 0.3) is 0 Å². The maximum atomic E-state index is 5.51. The second kappa shape index (κ2) is 4.84. The molecule has 1 fully saturated rings. The number of likely N-dealkylation sites (N-methyl/N-ethyl adjacent to an activating group) is 1. The van der Waals surface area contributed by atoms with Crippen molar-refractivity contribution in [2.45, 2.75) is 12.1 Å². The van der Waals surface area contributed by atoms with Gasteiger partial charge in [0.05, 0.1) is 22.4 Å². The van der Waals surface area contributed by atoms with E-state index < -0.39 is 0 Å². The third-order valence-corrected chi connectivity index (χ3v) is 4.32. The summed E-state index contributed by atoms with van der Waals surface area (Å²) in [5.41, 5.74) is 1.06. The molecule has 0 spiro atoms. The van der Waals surface area contributed by atoms with E-state index in [9.17, 15) is 0 Å². The van der Waals surface area contributed by atoms with Crippen LogP contribution in [0.2, 0.25) is 0 Å². The SMILES string of the molecule is CO[C@H]1CN(C)C[C@@H]1Nc1nc2ccccc2s1. The van der Waals surface area contributed by atoms with Gasteiger partial charge in [0.1, 0.15) is 0 Å². The van der Waals surface area contributed by atoms with Crippen molar-refractivity contribution in [3.8, 4) is 0 Å². The summed E-state index contributed by atoms with van der Waals surface area (Å²) in [6.45, 7) is 1.97. The van der Waals surface area contributed by atoms with Gasteiger partial charge in [0.2, 0.25) is 0 Å². The zero-order chi connectivity index (χ0) is 12.5. The van der Waals surface area contributed by atoms with Crippen molar-refractivity contribution in [3.05, 3.63) is 24.3 Å². The molecule has 18 heavy (non-hydrogen) atoms. The Morgan fingerprint density at radius 3 is 3.00 bits per heavy atom. The first-order valence-corrected chi connectivity index (χ1v) is 6.91. The third kappa shape index (κ3) is 2.21. The number of methoxy groups -OCH3 is 1. The van der Waals surface area contributed by atoms with Gasteiger partial charge in [-0.3, -0.25) is 0 Å². The lowest BCUT2D eigenvalue weighted by Gasteiger charge is -2.17. The Balaban J connectivity index is 1.79. The molecule has 96 valence electrons. The number of rotatable bonds is 3. The van der Waals surface area contributed by atoms with Gasteiger partial charge in [-0.05, 0) is 19.2 Å². The van der Waals surface area contributed by atoms with E-state index in [0.717, 1.165) is 23.7 Å². The minimum Gasteiger partial charge on any atom is -0.378 e. The number of para-hydroxylation sites is 1. The molecule has 0 amide bonds. The molecule has 1 aromatic heterocycles. The molecule has 1 aliphatic heterocycles. The normalized spacial score (nSPS) is 24.8. The van der Waals surface area contributed by atoms with Gasteiger partial charge < -0.3 is 15.0 Å². The van der Waals surface area contributed by atoms with Crippen LogP contribution in [0.4, 0.5) is 5.13 Å². The van der Waals surface area contributed by atoms with Gasteiger partial charge >= 0.3 is 0 Å². The average molecular weight is 263 g/mol.